The normalized spacial score (nSPS) is 10.2. The zero-order valence-corrected chi connectivity index (χ0v) is 11.5. The third-order valence-corrected chi connectivity index (χ3v) is 3.18. The number of benzene rings is 2. The Labute approximate surface area is 118 Å². The predicted molar refractivity (Wildman–Crippen MR) is 75.3 cm³/mol. The van der Waals surface area contributed by atoms with Crippen molar-refractivity contribution in [3.63, 3.8) is 0 Å². The quantitative estimate of drug-likeness (QED) is 0.489. The minimum Gasteiger partial charge on any atom is -0.294 e. The fraction of sp³-hybridized carbons (Fsp3) is 0.0714. The van der Waals surface area contributed by atoms with E-state index < -0.39 is 4.92 Å². The van der Waals surface area contributed by atoms with Crippen molar-refractivity contribution < 1.29 is 9.72 Å². The maximum Gasteiger partial charge on any atom is 0.274 e. The number of carbonyl (C=O) groups excluding carboxylic acids is 1. The van der Waals surface area contributed by atoms with Gasteiger partial charge in [0.1, 0.15) is 0 Å². The van der Waals surface area contributed by atoms with E-state index in [0.29, 0.717) is 15.6 Å². The van der Waals surface area contributed by atoms with Crippen molar-refractivity contribution in [2.24, 2.45) is 0 Å². The molecular weight excluding hydrogens is 310 g/mol. The molecule has 0 atom stereocenters. The molecule has 19 heavy (non-hydrogen) atoms. The second-order valence-electron chi connectivity index (χ2n) is 4.00. The molecule has 0 N–H and O–H groups in total. The average Bonchev–Trinajstić information content (AvgIpc) is 2.41. The van der Waals surface area contributed by atoms with E-state index in [1.807, 2.05) is 6.07 Å². The lowest BCUT2D eigenvalue weighted by Crippen LogP contribution is -2.05. The van der Waals surface area contributed by atoms with Gasteiger partial charge in [-0.15, -0.1) is 0 Å². The lowest BCUT2D eigenvalue weighted by atomic mass is 10.0. The number of carbonyl (C=O) groups is 1. The molecule has 0 bridgehead atoms. The molecule has 2 aromatic rings. The van der Waals surface area contributed by atoms with Gasteiger partial charge in [0.25, 0.3) is 5.69 Å². The number of rotatable bonds is 4. The lowest BCUT2D eigenvalue weighted by molar-refractivity contribution is -0.385. The van der Waals surface area contributed by atoms with Gasteiger partial charge in [0, 0.05) is 28.1 Å². The summed E-state index contributed by atoms with van der Waals surface area (Å²) < 4.78 is 0.620. The van der Waals surface area contributed by atoms with Gasteiger partial charge in [-0.25, -0.2) is 0 Å². The van der Waals surface area contributed by atoms with E-state index in [1.54, 1.807) is 36.4 Å². The van der Waals surface area contributed by atoms with Crippen LogP contribution in [0, 0.1) is 10.1 Å². The molecule has 4 nitrogen and oxygen atoms in total. The zero-order chi connectivity index (χ0) is 13.8. The van der Waals surface area contributed by atoms with E-state index in [0.717, 1.165) is 0 Å². The van der Waals surface area contributed by atoms with Crippen LogP contribution in [0.3, 0.4) is 0 Å². The second kappa shape index (κ2) is 5.75. The largest absolute Gasteiger partial charge is 0.294 e. The van der Waals surface area contributed by atoms with Crippen LogP contribution in [0.25, 0.3) is 0 Å². The lowest BCUT2D eigenvalue weighted by Gasteiger charge is -2.03. The summed E-state index contributed by atoms with van der Waals surface area (Å²) in [7, 11) is 0. The molecule has 0 saturated carbocycles. The van der Waals surface area contributed by atoms with Crippen molar-refractivity contribution in [3.8, 4) is 0 Å². The van der Waals surface area contributed by atoms with Crippen LogP contribution in [0.15, 0.2) is 53.0 Å². The van der Waals surface area contributed by atoms with E-state index in [9.17, 15) is 14.9 Å². The first-order chi connectivity index (χ1) is 9.08. The topological polar surface area (TPSA) is 60.2 Å². The molecule has 96 valence electrons. The fourth-order valence-corrected chi connectivity index (χ4v) is 2.10. The van der Waals surface area contributed by atoms with Crippen LogP contribution in [0.1, 0.15) is 15.9 Å². The summed E-state index contributed by atoms with van der Waals surface area (Å²) >= 11 is 3.19. The van der Waals surface area contributed by atoms with Gasteiger partial charge < -0.3 is 0 Å². The van der Waals surface area contributed by atoms with E-state index >= 15 is 0 Å². The van der Waals surface area contributed by atoms with Crippen LogP contribution in [0.4, 0.5) is 5.69 Å². The SMILES string of the molecule is O=C(Cc1ccc(Br)cc1[N+](=O)[O-])c1ccccc1. The van der Waals surface area contributed by atoms with E-state index in [1.165, 1.54) is 6.07 Å². The van der Waals surface area contributed by atoms with Crippen LogP contribution in [-0.2, 0) is 6.42 Å². The van der Waals surface area contributed by atoms with Gasteiger partial charge in [0.2, 0.25) is 0 Å². The highest BCUT2D eigenvalue weighted by Crippen LogP contribution is 2.24. The van der Waals surface area contributed by atoms with E-state index in [4.69, 9.17) is 0 Å². The highest BCUT2D eigenvalue weighted by atomic mass is 79.9. The number of hydrogen-bond donors (Lipinski definition) is 0. The van der Waals surface area contributed by atoms with Crippen molar-refractivity contribution in [1.29, 1.82) is 0 Å². The van der Waals surface area contributed by atoms with Crippen molar-refractivity contribution in [1.82, 2.24) is 0 Å². The van der Waals surface area contributed by atoms with Crippen LogP contribution in [-0.4, -0.2) is 10.7 Å². The molecule has 0 spiro atoms. The Hall–Kier alpha value is -2.01. The number of hydrogen-bond acceptors (Lipinski definition) is 3. The minimum atomic E-state index is -0.474. The number of nitro benzene ring substituents is 1. The summed E-state index contributed by atoms with van der Waals surface area (Å²) in [5.74, 6) is -0.133. The number of Topliss-reactive ketones (excluding diaryl/α,β-unsaturated/α-hetero) is 1. The molecular formula is C14H10BrNO3. The third kappa shape index (κ3) is 3.26. The van der Waals surface area contributed by atoms with Crippen LogP contribution < -0.4 is 0 Å². The molecule has 0 unspecified atom stereocenters. The molecule has 0 aliphatic heterocycles. The summed E-state index contributed by atoms with van der Waals surface area (Å²) in [5.41, 5.74) is 0.931. The van der Waals surface area contributed by atoms with Crippen molar-refractivity contribution in [2.75, 3.05) is 0 Å². The summed E-state index contributed by atoms with van der Waals surface area (Å²) in [4.78, 5) is 22.5. The van der Waals surface area contributed by atoms with Gasteiger partial charge >= 0.3 is 0 Å². The second-order valence-corrected chi connectivity index (χ2v) is 4.91. The molecule has 0 heterocycles. The molecule has 0 saturated heterocycles. The minimum absolute atomic E-state index is 0.0214. The number of nitro groups is 1. The number of nitrogens with zero attached hydrogens (tertiary/aromatic N) is 1. The van der Waals surface area contributed by atoms with Crippen molar-refractivity contribution in [3.05, 3.63) is 74.2 Å². The van der Waals surface area contributed by atoms with Gasteiger partial charge in [-0.05, 0) is 6.07 Å². The zero-order valence-electron chi connectivity index (χ0n) is 9.88. The smallest absolute Gasteiger partial charge is 0.274 e. The Morgan fingerprint density at radius 3 is 2.47 bits per heavy atom. The first-order valence-corrected chi connectivity index (χ1v) is 6.38. The predicted octanol–water partition coefficient (Wildman–Crippen LogP) is 3.78. The van der Waals surface area contributed by atoms with Gasteiger partial charge in [-0.1, -0.05) is 52.3 Å². The fourth-order valence-electron chi connectivity index (χ4n) is 1.76. The van der Waals surface area contributed by atoms with Gasteiger partial charge in [0.05, 0.1) is 4.92 Å². The monoisotopic (exact) mass is 319 g/mol. The first kappa shape index (κ1) is 13.4. The number of ketones is 1. The summed E-state index contributed by atoms with van der Waals surface area (Å²) in [5, 5.41) is 11.0. The van der Waals surface area contributed by atoms with Gasteiger partial charge in [-0.2, -0.15) is 0 Å². The summed E-state index contributed by atoms with van der Waals surface area (Å²) in [6.45, 7) is 0. The Bertz CT molecular complexity index is 626. The molecule has 0 aromatic heterocycles. The van der Waals surface area contributed by atoms with E-state index in [2.05, 4.69) is 15.9 Å². The Balaban J connectivity index is 2.29. The Morgan fingerprint density at radius 1 is 1.16 bits per heavy atom. The molecule has 0 radical (unpaired) electrons. The van der Waals surface area contributed by atoms with Crippen LogP contribution in [0.2, 0.25) is 0 Å². The molecule has 0 amide bonds. The maximum atomic E-state index is 12.0. The van der Waals surface area contributed by atoms with E-state index in [-0.39, 0.29) is 17.9 Å². The summed E-state index contributed by atoms with van der Waals surface area (Å²) in [6.07, 6.45) is 0.0214. The van der Waals surface area contributed by atoms with Crippen LogP contribution in [0.5, 0.6) is 0 Å². The van der Waals surface area contributed by atoms with Crippen LogP contribution >= 0.6 is 15.9 Å². The van der Waals surface area contributed by atoms with Gasteiger partial charge in [0.15, 0.2) is 5.78 Å². The molecule has 0 fully saturated rings. The van der Waals surface area contributed by atoms with Gasteiger partial charge in [-0.3, -0.25) is 14.9 Å². The van der Waals surface area contributed by atoms with Crippen molar-refractivity contribution in [2.45, 2.75) is 6.42 Å². The number of halogens is 1. The first-order valence-electron chi connectivity index (χ1n) is 5.59. The summed E-state index contributed by atoms with van der Waals surface area (Å²) in [6, 6.07) is 13.5. The molecule has 5 heteroatoms. The van der Waals surface area contributed by atoms with Crippen molar-refractivity contribution >= 4 is 27.4 Å². The Morgan fingerprint density at radius 2 is 1.84 bits per heavy atom. The molecule has 2 aromatic carbocycles. The molecule has 0 aliphatic rings. The standard InChI is InChI=1S/C14H10BrNO3/c15-12-7-6-11(13(9-12)16(18)19)8-14(17)10-4-2-1-3-5-10/h1-7,9H,8H2. The molecule has 0 aliphatic carbocycles. The average molecular weight is 320 g/mol. The third-order valence-electron chi connectivity index (χ3n) is 2.69. The highest BCUT2D eigenvalue weighted by Gasteiger charge is 2.17. The Kier molecular flexibility index (Phi) is 4.06. The maximum absolute atomic E-state index is 12.0. The molecule has 2 rings (SSSR count). The highest BCUT2D eigenvalue weighted by molar-refractivity contribution is 9.10.